The Labute approximate surface area is 126 Å². The van der Waals surface area contributed by atoms with Gasteiger partial charge < -0.3 is 0 Å². The molecule has 0 atom stereocenters. The predicted octanol–water partition coefficient (Wildman–Crippen LogP) is 2.94. The largest absolute Gasteiger partial charge is 0.269 e. The summed E-state index contributed by atoms with van der Waals surface area (Å²) in [7, 11) is 0. The van der Waals surface area contributed by atoms with Crippen molar-refractivity contribution in [1.82, 2.24) is 14.5 Å². The van der Waals surface area contributed by atoms with Gasteiger partial charge in [0.15, 0.2) is 0 Å². The Kier molecular flexibility index (Phi) is 3.87. The average Bonchev–Trinajstić information content (AvgIpc) is 2.55. The highest BCUT2D eigenvalue weighted by Crippen LogP contribution is 2.08. The lowest BCUT2D eigenvalue weighted by atomic mass is 10.1. The highest BCUT2D eigenvalue weighted by molar-refractivity contribution is 5.69. The zero-order valence-corrected chi connectivity index (χ0v) is 11.6. The molecule has 0 radical (unpaired) electrons. The smallest absolute Gasteiger partial charge is 0.258 e. The third-order valence-corrected chi connectivity index (χ3v) is 3.05. The van der Waals surface area contributed by atoms with Gasteiger partial charge >= 0.3 is 0 Å². The third kappa shape index (κ3) is 3.15. The van der Waals surface area contributed by atoms with Gasteiger partial charge in [0.1, 0.15) is 5.82 Å². The molecule has 0 aliphatic rings. The molecule has 0 fully saturated rings. The summed E-state index contributed by atoms with van der Waals surface area (Å²) in [4.78, 5) is 20.2. The van der Waals surface area contributed by atoms with Crippen LogP contribution in [0.1, 0.15) is 11.1 Å². The maximum atomic E-state index is 12.8. The summed E-state index contributed by atoms with van der Waals surface area (Å²) in [5.41, 5.74) is 1.39. The second-order valence-corrected chi connectivity index (χ2v) is 4.60. The van der Waals surface area contributed by atoms with E-state index in [4.69, 9.17) is 0 Å². The number of hydrogen-bond acceptors (Lipinski definition) is 3. The second-order valence-electron chi connectivity index (χ2n) is 4.60. The molecule has 0 aliphatic heterocycles. The standard InChI is InChI=1S/C17H12FN3O/c18-15-6-4-13(5-7-15)2-3-14-8-11-21(16(22)12-14)17-19-9-1-10-20-17/h1-12H/b3-2+. The lowest BCUT2D eigenvalue weighted by molar-refractivity contribution is 0.628. The van der Waals surface area contributed by atoms with Gasteiger partial charge in [0.05, 0.1) is 0 Å². The van der Waals surface area contributed by atoms with Crippen molar-refractivity contribution in [3.63, 3.8) is 0 Å². The van der Waals surface area contributed by atoms with Crippen LogP contribution in [0.2, 0.25) is 0 Å². The highest BCUT2D eigenvalue weighted by atomic mass is 19.1. The Balaban J connectivity index is 1.86. The van der Waals surface area contributed by atoms with Crippen LogP contribution in [0, 0.1) is 5.82 Å². The van der Waals surface area contributed by atoms with Crippen molar-refractivity contribution < 1.29 is 4.39 Å². The molecular weight excluding hydrogens is 281 g/mol. The number of aromatic nitrogens is 3. The molecule has 0 unspecified atom stereocenters. The summed E-state index contributed by atoms with van der Waals surface area (Å²) in [6.45, 7) is 0. The van der Waals surface area contributed by atoms with E-state index in [-0.39, 0.29) is 11.4 Å². The van der Waals surface area contributed by atoms with Gasteiger partial charge in [-0.2, -0.15) is 0 Å². The van der Waals surface area contributed by atoms with Crippen LogP contribution in [0.5, 0.6) is 0 Å². The molecule has 0 spiro atoms. The number of benzene rings is 1. The molecule has 2 heterocycles. The maximum absolute atomic E-state index is 12.8. The van der Waals surface area contributed by atoms with Crippen LogP contribution in [0.25, 0.3) is 18.1 Å². The summed E-state index contributed by atoms with van der Waals surface area (Å²) in [5, 5.41) is 0. The summed E-state index contributed by atoms with van der Waals surface area (Å²) < 4.78 is 14.2. The van der Waals surface area contributed by atoms with Gasteiger partial charge in [0.25, 0.3) is 5.56 Å². The zero-order chi connectivity index (χ0) is 15.4. The van der Waals surface area contributed by atoms with Crippen molar-refractivity contribution in [3.8, 4) is 5.95 Å². The predicted molar refractivity (Wildman–Crippen MR) is 83.0 cm³/mol. The van der Waals surface area contributed by atoms with E-state index in [1.807, 2.05) is 6.08 Å². The summed E-state index contributed by atoms with van der Waals surface area (Å²) in [6, 6.07) is 11.1. The van der Waals surface area contributed by atoms with Crippen LogP contribution in [0.15, 0.2) is 65.8 Å². The summed E-state index contributed by atoms with van der Waals surface area (Å²) in [6.07, 6.45) is 8.40. The Hall–Kier alpha value is -3.08. The van der Waals surface area contributed by atoms with Crippen LogP contribution < -0.4 is 5.56 Å². The van der Waals surface area contributed by atoms with E-state index in [0.717, 1.165) is 11.1 Å². The van der Waals surface area contributed by atoms with E-state index in [1.54, 1.807) is 48.9 Å². The molecule has 108 valence electrons. The first-order valence-electron chi connectivity index (χ1n) is 6.66. The highest BCUT2D eigenvalue weighted by Gasteiger charge is 2.01. The number of halogens is 1. The molecule has 0 bridgehead atoms. The zero-order valence-electron chi connectivity index (χ0n) is 11.6. The minimum Gasteiger partial charge on any atom is -0.269 e. The van der Waals surface area contributed by atoms with Crippen LogP contribution in [0.3, 0.4) is 0 Å². The van der Waals surface area contributed by atoms with Gasteiger partial charge in [0, 0.05) is 24.7 Å². The molecule has 22 heavy (non-hydrogen) atoms. The van der Waals surface area contributed by atoms with Gasteiger partial charge in [-0.15, -0.1) is 0 Å². The first kappa shape index (κ1) is 13.9. The average molecular weight is 293 g/mol. The van der Waals surface area contributed by atoms with Crippen LogP contribution in [-0.2, 0) is 0 Å². The molecule has 4 nitrogen and oxygen atoms in total. The molecule has 3 aromatic rings. The number of pyridine rings is 1. The third-order valence-electron chi connectivity index (χ3n) is 3.05. The van der Waals surface area contributed by atoms with Crippen molar-refractivity contribution >= 4 is 12.2 Å². The van der Waals surface area contributed by atoms with E-state index in [9.17, 15) is 9.18 Å². The van der Waals surface area contributed by atoms with E-state index < -0.39 is 0 Å². The maximum Gasteiger partial charge on any atom is 0.258 e. The summed E-state index contributed by atoms with van der Waals surface area (Å²) in [5.74, 6) is 0.0594. The molecule has 0 N–H and O–H groups in total. The molecule has 2 aromatic heterocycles. The number of hydrogen-bond donors (Lipinski definition) is 0. The van der Waals surface area contributed by atoms with Gasteiger partial charge in [-0.05, 0) is 35.4 Å². The second kappa shape index (κ2) is 6.13. The van der Waals surface area contributed by atoms with E-state index >= 15 is 0 Å². The fraction of sp³-hybridized carbons (Fsp3) is 0. The van der Waals surface area contributed by atoms with Gasteiger partial charge in [-0.25, -0.2) is 14.4 Å². The van der Waals surface area contributed by atoms with E-state index in [2.05, 4.69) is 9.97 Å². The molecule has 1 aromatic carbocycles. The number of rotatable bonds is 3. The Bertz CT molecular complexity index is 855. The minimum atomic E-state index is -0.275. The van der Waals surface area contributed by atoms with E-state index in [0.29, 0.717) is 5.95 Å². The normalized spacial score (nSPS) is 11.0. The lowest BCUT2D eigenvalue weighted by Gasteiger charge is -2.02. The van der Waals surface area contributed by atoms with E-state index in [1.165, 1.54) is 22.8 Å². The monoisotopic (exact) mass is 293 g/mol. The van der Waals surface area contributed by atoms with Crippen LogP contribution >= 0.6 is 0 Å². The minimum absolute atomic E-state index is 0.215. The van der Waals surface area contributed by atoms with Crippen LogP contribution in [0.4, 0.5) is 4.39 Å². The van der Waals surface area contributed by atoms with Gasteiger partial charge in [-0.1, -0.05) is 24.3 Å². The Morgan fingerprint density at radius 2 is 1.64 bits per heavy atom. The molecule has 3 rings (SSSR count). The first-order valence-corrected chi connectivity index (χ1v) is 6.66. The fourth-order valence-electron chi connectivity index (χ4n) is 1.95. The van der Waals surface area contributed by atoms with Crippen molar-refractivity contribution in [2.45, 2.75) is 0 Å². The fourth-order valence-corrected chi connectivity index (χ4v) is 1.95. The Morgan fingerprint density at radius 1 is 0.955 bits per heavy atom. The molecule has 5 heteroatoms. The Morgan fingerprint density at radius 3 is 2.32 bits per heavy atom. The van der Waals surface area contributed by atoms with Crippen molar-refractivity contribution in [3.05, 3.63) is 88.4 Å². The van der Waals surface area contributed by atoms with Gasteiger partial charge in [-0.3, -0.25) is 9.36 Å². The summed E-state index contributed by atoms with van der Waals surface area (Å²) >= 11 is 0. The number of nitrogens with zero attached hydrogens (tertiary/aromatic N) is 3. The van der Waals surface area contributed by atoms with Crippen LogP contribution in [-0.4, -0.2) is 14.5 Å². The molecule has 0 saturated carbocycles. The molecule has 0 saturated heterocycles. The molecule has 0 amide bonds. The van der Waals surface area contributed by atoms with Crippen molar-refractivity contribution in [2.24, 2.45) is 0 Å². The van der Waals surface area contributed by atoms with Crippen molar-refractivity contribution in [1.29, 1.82) is 0 Å². The first-order chi connectivity index (χ1) is 10.7. The molecule has 0 aliphatic carbocycles. The van der Waals surface area contributed by atoms with Crippen molar-refractivity contribution in [2.75, 3.05) is 0 Å². The lowest BCUT2D eigenvalue weighted by Crippen LogP contribution is -2.18. The topological polar surface area (TPSA) is 47.8 Å². The quantitative estimate of drug-likeness (QED) is 0.746. The SMILES string of the molecule is O=c1cc(/C=C/c2ccc(F)cc2)ccn1-c1ncccn1. The molecular formula is C17H12FN3O. The van der Waals surface area contributed by atoms with Gasteiger partial charge in [0.2, 0.25) is 5.95 Å².